The molecule has 1 aromatic heterocycles. The lowest BCUT2D eigenvalue weighted by Crippen LogP contribution is -2.24. The molecule has 4 rings (SSSR count). The van der Waals surface area contributed by atoms with E-state index in [9.17, 15) is 30.8 Å². The summed E-state index contributed by atoms with van der Waals surface area (Å²) in [4.78, 5) is 12.3. The van der Waals surface area contributed by atoms with E-state index in [2.05, 4.69) is 10.4 Å². The number of benzene rings is 3. The summed E-state index contributed by atoms with van der Waals surface area (Å²) < 4.78 is 80.3. The fourth-order valence-corrected chi connectivity index (χ4v) is 4.13. The van der Waals surface area contributed by atoms with Crippen LogP contribution >= 0.6 is 0 Å². The lowest BCUT2D eigenvalue weighted by atomic mass is 9.98. The number of halogens is 4. The lowest BCUT2D eigenvalue weighted by molar-refractivity contribution is -0.144. The highest BCUT2D eigenvalue weighted by molar-refractivity contribution is 7.89. The van der Waals surface area contributed by atoms with Crippen LogP contribution in [0, 0.1) is 5.82 Å². The van der Waals surface area contributed by atoms with Gasteiger partial charge in [0.15, 0.2) is 5.69 Å². The zero-order valence-electron chi connectivity index (χ0n) is 18.3. The van der Waals surface area contributed by atoms with Crippen LogP contribution in [0.3, 0.4) is 0 Å². The van der Waals surface area contributed by atoms with Gasteiger partial charge in [-0.2, -0.15) is 18.3 Å². The third kappa shape index (κ3) is 5.44. The normalized spacial score (nSPS) is 11.9. The second-order valence-electron chi connectivity index (χ2n) is 7.72. The molecule has 0 fully saturated rings. The predicted octanol–water partition coefficient (Wildman–Crippen LogP) is 4.66. The van der Waals surface area contributed by atoms with E-state index in [1.165, 1.54) is 12.1 Å². The third-order valence-electron chi connectivity index (χ3n) is 5.16. The van der Waals surface area contributed by atoms with Crippen molar-refractivity contribution < 1.29 is 30.8 Å². The number of carbonyl (C=O) groups excluding carboxylic acids is 1. The number of hydrogen-bond acceptors (Lipinski definition) is 4. The van der Waals surface area contributed by atoms with Gasteiger partial charge in [-0.3, -0.25) is 4.79 Å². The average molecular weight is 518 g/mol. The highest BCUT2D eigenvalue weighted by Gasteiger charge is 2.41. The van der Waals surface area contributed by atoms with Crippen LogP contribution in [0.4, 0.5) is 23.2 Å². The first-order valence-corrected chi connectivity index (χ1v) is 11.9. The topological polar surface area (TPSA) is 107 Å². The molecule has 0 aliphatic heterocycles. The quantitative estimate of drug-likeness (QED) is 0.362. The summed E-state index contributed by atoms with van der Waals surface area (Å²) in [5.74, 6) is -1.41. The van der Waals surface area contributed by atoms with Gasteiger partial charge < -0.3 is 5.32 Å². The molecule has 0 radical (unpaired) electrons. The monoisotopic (exact) mass is 518 g/mol. The van der Waals surface area contributed by atoms with Gasteiger partial charge in [0.2, 0.25) is 15.9 Å². The van der Waals surface area contributed by atoms with Crippen LogP contribution in [0.5, 0.6) is 0 Å². The van der Waals surface area contributed by atoms with Crippen LogP contribution in [-0.2, 0) is 27.5 Å². The number of amides is 1. The number of primary sulfonamides is 1. The average Bonchev–Trinajstić information content (AvgIpc) is 3.19. The van der Waals surface area contributed by atoms with E-state index in [0.717, 1.165) is 36.4 Å². The van der Waals surface area contributed by atoms with E-state index >= 15 is 0 Å². The molecular formula is C24H18F4N4O3S. The second-order valence-corrected chi connectivity index (χ2v) is 9.28. The maximum absolute atomic E-state index is 14.3. The molecule has 0 aliphatic rings. The Morgan fingerprint density at radius 2 is 1.50 bits per heavy atom. The van der Waals surface area contributed by atoms with E-state index in [-0.39, 0.29) is 21.7 Å². The first kappa shape index (κ1) is 25.1. The van der Waals surface area contributed by atoms with Crippen molar-refractivity contribution in [2.24, 2.45) is 5.14 Å². The zero-order valence-corrected chi connectivity index (χ0v) is 19.1. The SMILES string of the molecule is NS(=O)(=O)c1ccc(-c2nn(CC(=O)Nc3ccccc3)c(C(F)(F)F)c2-c2ccc(F)cc2)cc1. The van der Waals surface area contributed by atoms with E-state index in [4.69, 9.17) is 5.14 Å². The number of para-hydroxylation sites is 1. The van der Waals surface area contributed by atoms with Gasteiger partial charge in [-0.05, 0) is 42.0 Å². The van der Waals surface area contributed by atoms with Crippen molar-refractivity contribution in [2.75, 3.05) is 5.32 Å². The molecular weight excluding hydrogens is 500 g/mol. The summed E-state index contributed by atoms with van der Waals surface area (Å²) in [7, 11) is -4.04. The van der Waals surface area contributed by atoms with Crippen molar-refractivity contribution in [3.8, 4) is 22.4 Å². The molecule has 3 aromatic carbocycles. The number of hydrogen-bond donors (Lipinski definition) is 2. The van der Waals surface area contributed by atoms with Gasteiger partial charge in [0, 0.05) is 16.8 Å². The highest BCUT2D eigenvalue weighted by atomic mass is 32.2. The molecule has 1 heterocycles. The molecule has 0 saturated carbocycles. The number of sulfonamides is 1. The summed E-state index contributed by atoms with van der Waals surface area (Å²) in [6.07, 6.45) is -4.94. The Labute approximate surface area is 203 Å². The Kier molecular flexibility index (Phi) is 6.65. The molecule has 12 heteroatoms. The first-order valence-electron chi connectivity index (χ1n) is 10.4. The lowest BCUT2D eigenvalue weighted by Gasteiger charge is -2.13. The zero-order chi connectivity index (χ0) is 26.1. The van der Waals surface area contributed by atoms with Crippen LogP contribution in [-0.4, -0.2) is 24.1 Å². The minimum atomic E-state index is -4.94. The molecule has 4 aromatic rings. The van der Waals surface area contributed by atoms with Gasteiger partial charge in [0.1, 0.15) is 18.1 Å². The number of nitrogens with one attached hydrogen (secondary N) is 1. The molecule has 0 atom stereocenters. The molecule has 3 N–H and O–H groups in total. The maximum atomic E-state index is 14.3. The number of carbonyl (C=O) groups is 1. The number of nitrogens with two attached hydrogens (primary N) is 1. The maximum Gasteiger partial charge on any atom is 0.433 e. The van der Waals surface area contributed by atoms with E-state index in [1.807, 2.05) is 0 Å². The molecule has 1 amide bonds. The Balaban J connectivity index is 1.87. The van der Waals surface area contributed by atoms with Crippen molar-refractivity contribution in [1.82, 2.24) is 9.78 Å². The van der Waals surface area contributed by atoms with Gasteiger partial charge in [-0.15, -0.1) is 0 Å². The number of rotatable bonds is 6. The van der Waals surface area contributed by atoms with Crippen LogP contribution in [0.1, 0.15) is 5.69 Å². The first-order chi connectivity index (χ1) is 16.9. The van der Waals surface area contributed by atoms with Crippen LogP contribution in [0.15, 0.2) is 83.8 Å². The molecule has 0 spiro atoms. The smallest absolute Gasteiger partial charge is 0.324 e. The summed E-state index contributed by atoms with van der Waals surface area (Å²) in [5, 5.41) is 11.7. The Bertz CT molecular complexity index is 1500. The Morgan fingerprint density at radius 1 is 0.917 bits per heavy atom. The van der Waals surface area contributed by atoms with Crippen LogP contribution in [0.25, 0.3) is 22.4 Å². The summed E-state index contributed by atoms with van der Waals surface area (Å²) in [5.41, 5.74) is -1.26. The molecule has 186 valence electrons. The van der Waals surface area contributed by atoms with Gasteiger partial charge in [0.05, 0.1) is 4.90 Å². The predicted molar refractivity (Wildman–Crippen MR) is 125 cm³/mol. The van der Waals surface area contributed by atoms with E-state index in [1.54, 1.807) is 30.3 Å². The van der Waals surface area contributed by atoms with Crippen LogP contribution in [0.2, 0.25) is 0 Å². The molecule has 0 bridgehead atoms. The minimum Gasteiger partial charge on any atom is -0.324 e. The minimum absolute atomic E-state index is 0.00367. The number of nitrogens with zero attached hydrogens (tertiary/aromatic N) is 2. The van der Waals surface area contributed by atoms with Gasteiger partial charge in [-0.25, -0.2) is 22.6 Å². The Morgan fingerprint density at radius 3 is 2.06 bits per heavy atom. The molecule has 0 saturated heterocycles. The second kappa shape index (κ2) is 9.55. The summed E-state index contributed by atoms with van der Waals surface area (Å²) >= 11 is 0. The summed E-state index contributed by atoms with van der Waals surface area (Å²) in [6, 6.07) is 17.3. The number of anilines is 1. The number of aromatic nitrogens is 2. The van der Waals surface area contributed by atoms with Crippen molar-refractivity contribution in [1.29, 1.82) is 0 Å². The fourth-order valence-electron chi connectivity index (χ4n) is 3.62. The summed E-state index contributed by atoms with van der Waals surface area (Å²) in [6.45, 7) is -0.771. The van der Waals surface area contributed by atoms with Gasteiger partial charge in [-0.1, -0.05) is 42.5 Å². The van der Waals surface area contributed by atoms with Crippen molar-refractivity contribution >= 4 is 21.6 Å². The fraction of sp³-hybridized carbons (Fsp3) is 0.0833. The standard InChI is InChI=1S/C24H18F4N4O3S/c25-17-10-6-15(7-11-17)21-22(16-8-12-19(13-9-16)36(29,34)35)31-32(23(21)24(26,27)28)14-20(33)30-18-4-2-1-3-5-18/h1-13H,14H2,(H,30,33)(H2,29,34,35). The number of alkyl halides is 3. The molecule has 0 unspecified atom stereocenters. The molecule has 36 heavy (non-hydrogen) atoms. The molecule has 7 nitrogen and oxygen atoms in total. The van der Waals surface area contributed by atoms with Gasteiger partial charge in [0.25, 0.3) is 0 Å². The van der Waals surface area contributed by atoms with Crippen LogP contribution < -0.4 is 10.5 Å². The van der Waals surface area contributed by atoms with E-state index < -0.39 is 45.7 Å². The molecule has 0 aliphatic carbocycles. The van der Waals surface area contributed by atoms with Crippen molar-refractivity contribution in [3.63, 3.8) is 0 Å². The largest absolute Gasteiger partial charge is 0.433 e. The van der Waals surface area contributed by atoms with Gasteiger partial charge >= 0.3 is 6.18 Å². The Hall–Kier alpha value is -4.03. The van der Waals surface area contributed by atoms with Crippen molar-refractivity contribution in [3.05, 3.63) is 90.4 Å². The highest BCUT2D eigenvalue weighted by Crippen LogP contribution is 2.43. The third-order valence-corrected chi connectivity index (χ3v) is 6.09. The van der Waals surface area contributed by atoms with E-state index in [0.29, 0.717) is 10.4 Å². The van der Waals surface area contributed by atoms with Crippen molar-refractivity contribution in [2.45, 2.75) is 17.6 Å².